The molecule has 0 spiro atoms. The van der Waals surface area contributed by atoms with Gasteiger partial charge in [-0.1, -0.05) is 48.0 Å². The Morgan fingerprint density at radius 2 is 2.03 bits per heavy atom. The Hall–Kier alpha value is -3.44. The molecule has 0 aliphatic rings. The van der Waals surface area contributed by atoms with Crippen LogP contribution in [0.25, 0.3) is 22.2 Å². The number of hydrogen-bond acceptors (Lipinski definition) is 3. The lowest BCUT2D eigenvalue weighted by molar-refractivity contribution is 0.102. The van der Waals surface area contributed by atoms with Crippen LogP contribution >= 0.6 is 11.6 Å². The van der Waals surface area contributed by atoms with Gasteiger partial charge >= 0.3 is 0 Å². The molecule has 4 aromatic rings. The molecule has 0 atom stereocenters. The second-order valence-corrected chi connectivity index (χ2v) is 7.38. The summed E-state index contributed by atoms with van der Waals surface area (Å²) >= 11 is 6.43. The van der Waals surface area contributed by atoms with Crippen LogP contribution in [0.2, 0.25) is 5.15 Å². The molecule has 150 valence electrons. The van der Waals surface area contributed by atoms with Gasteiger partial charge in [0.2, 0.25) is 0 Å². The van der Waals surface area contributed by atoms with Crippen LogP contribution in [0.3, 0.4) is 0 Å². The number of amides is 1. The molecule has 0 aliphatic heterocycles. The minimum absolute atomic E-state index is 0.139. The smallest absolute Gasteiger partial charge is 0.255 e. The van der Waals surface area contributed by atoms with Gasteiger partial charge in [0.1, 0.15) is 17.1 Å². The third kappa shape index (κ3) is 3.84. The number of carbonyl (C=O) groups excluding carboxylic acids is 1. The first-order chi connectivity index (χ1) is 14.6. The summed E-state index contributed by atoms with van der Waals surface area (Å²) in [7, 11) is 0. The maximum Gasteiger partial charge on any atom is 0.255 e. The Balaban J connectivity index is 1.72. The van der Waals surface area contributed by atoms with E-state index in [1.54, 1.807) is 0 Å². The molecule has 1 N–H and O–H groups in total. The first kappa shape index (κ1) is 19.9. The maximum atomic E-state index is 12.7. The van der Waals surface area contributed by atoms with E-state index in [1.807, 2.05) is 67.7 Å². The lowest BCUT2D eigenvalue weighted by Crippen LogP contribution is -2.13. The molecule has 2 heterocycles. The van der Waals surface area contributed by atoms with Crippen molar-refractivity contribution in [2.75, 3.05) is 5.32 Å². The summed E-state index contributed by atoms with van der Waals surface area (Å²) in [5, 5.41) is 4.19. The SMILES string of the molecule is C=CCCn1cc(-c2cccc(NC(=O)c3ccccc3C)c2)c2c(Cl)ncnc21. The fourth-order valence-electron chi connectivity index (χ4n) is 3.50. The number of aryl methyl sites for hydroxylation is 2. The fourth-order valence-corrected chi connectivity index (χ4v) is 3.73. The Labute approximate surface area is 180 Å². The van der Waals surface area contributed by atoms with E-state index in [1.165, 1.54) is 6.33 Å². The topological polar surface area (TPSA) is 59.8 Å². The standard InChI is InChI=1S/C24H21ClN4O/c1-3-4-12-29-14-20(21-22(25)26-15-27-23(21)29)17-9-7-10-18(13-17)28-24(30)19-11-6-5-8-16(19)2/h3,5-11,13-15H,1,4,12H2,2H3,(H,28,30). The predicted octanol–water partition coefficient (Wildman–Crippen LogP) is 5.89. The van der Waals surface area contributed by atoms with Gasteiger partial charge in [0.25, 0.3) is 5.91 Å². The van der Waals surface area contributed by atoms with Crippen molar-refractivity contribution in [3.05, 3.63) is 90.0 Å². The number of nitrogens with one attached hydrogen (secondary N) is 1. The molecular formula is C24H21ClN4O. The Kier molecular flexibility index (Phi) is 5.63. The van der Waals surface area contributed by atoms with E-state index in [9.17, 15) is 4.79 Å². The number of fused-ring (bicyclic) bond motifs is 1. The fraction of sp³-hybridized carbons (Fsp3) is 0.125. The van der Waals surface area contributed by atoms with Gasteiger partial charge < -0.3 is 9.88 Å². The Bertz CT molecular complexity index is 1250. The number of nitrogens with zero attached hydrogens (tertiary/aromatic N) is 3. The predicted molar refractivity (Wildman–Crippen MR) is 122 cm³/mol. The maximum absolute atomic E-state index is 12.7. The van der Waals surface area contributed by atoms with Crippen LogP contribution in [0.15, 0.2) is 73.7 Å². The van der Waals surface area contributed by atoms with Crippen LogP contribution in [0.4, 0.5) is 5.69 Å². The highest BCUT2D eigenvalue weighted by Crippen LogP contribution is 2.34. The van der Waals surface area contributed by atoms with E-state index in [4.69, 9.17) is 11.6 Å². The molecule has 0 saturated heterocycles. The number of benzene rings is 2. The van der Waals surface area contributed by atoms with Gasteiger partial charge in [0.15, 0.2) is 0 Å². The van der Waals surface area contributed by atoms with Crippen molar-refractivity contribution in [1.82, 2.24) is 14.5 Å². The number of allylic oxidation sites excluding steroid dienone is 1. The molecule has 2 aromatic carbocycles. The highest BCUT2D eigenvalue weighted by atomic mass is 35.5. The summed E-state index contributed by atoms with van der Waals surface area (Å²) in [6.07, 6.45) is 6.18. The third-order valence-electron chi connectivity index (χ3n) is 5.00. The van der Waals surface area contributed by atoms with E-state index in [0.29, 0.717) is 16.4 Å². The first-order valence-electron chi connectivity index (χ1n) is 9.66. The summed E-state index contributed by atoms with van der Waals surface area (Å²) in [5.74, 6) is -0.139. The van der Waals surface area contributed by atoms with E-state index in [-0.39, 0.29) is 5.91 Å². The van der Waals surface area contributed by atoms with Gasteiger partial charge in [-0.3, -0.25) is 4.79 Å². The van der Waals surface area contributed by atoms with Crippen molar-refractivity contribution in [2.45, 2.75) is 19.9 Å². The van der Waals surface area contributed by atoms with Crippen molar-refractivity contribution >= 4 is 34.2 Å². The molecule has 6 heteroatoms. The zero-order valence-electron chi connectivity index (χ0n) is 16.6. The van der Waals surface area contributed by atoms with Crippen LogP contribution in [0.1, 0.15) is 22.3 Å². The van der Waals surface area contributed by atoms with Crippen LogP contribution in [0.5, 0.6) is 0 Å². The zero-order chi connectivity index (χ0) is 21.1. The van der Waals surface area contributed by atoms with Gasteiger partial charge in [0.05, 0.1) is 5.39 Å². The summed E-state index contributed by atoms with van der Waals surface area (Å²) in [6.45, 7) is 6.47. The molecular weight excluding hydrogens is 396 g/mol. The van der Waals surface area contributed by atoms with Crippen molar-refractivity contribution in [2.24, 2.45) is 0 Å². The minimum Gasteiger partial charge on any atom is -0.331 e. The lowest BCUT2D eigenvalue weighted by atomic mass is 10.1. The highest BCUT2D eigenvalue weighted by molar-refractivity contribution is 6.35. The summed E-state index contributed by atoms with van der Waals surface area (Å²) in [5.41, 5.74) is 4.92. The minimum atomic E-state index is -0.139. The third-order valence-corrected chi connectivity index (χ3v) is 5.29. The normalized spacial score (nSPS) is 10.9. The number of rotatable bonds is 6. The van der Waals surface area contributed by atoms with Gasteiger partial charge in [-0.15, -0.1) is 6.58 Å². The molecule has 1 amide bonds. The number of halogens is 1. The van der Waals surface area contributed by atoms with Crippen molar-refractivity contribution in [3.8, 4) is 11.1 Å². The molecule has 2 aromatic heterocycles. The lowest BCUT2D eigenvalue weighted by Gasteiger charge is -2.09. The van der Waals surface area contributed by atoms with Crippen molar-refractivity contribution < 1.29 is 4.79 Å². The van der Waals surface area contributed by atoms with Crippen molar-refractivity contribution in [1.29, 1.82) is 0 Å². The van der Waals surface area contributed by atoms with E-state index < -0.39 is 0 Å². The second kappa shape index (κ2) is 8.51. The largest absolute Gasteiger partial charge is 0.331 e. The quantitative estimate of drug-likeness (QED) is 0.315. The summed E-state index contributed by atoms with van der Waals surface area (Å²) in [6, 6.07) is 15.2. The molecule has 0 radical (unpaired) electrons. The number of hydrogen-bond donors (Lipinski definition) is 1. The number of anilines is 1. The van der Waals surface area contributed by atoms with Gasteiger partial charge in [-0.05, 0) is 42.7 Å². The molecule has 0 fully saturated rings. The summed E-state index contributed by atoms with van der Waals surface area (Å²) < 4.78 is 2.05. The second-order valence-electron chi connectivity index (χ2n) is 7.03. The van der Waals surface area contributed by atoms with E-state index >= 15 is 0 Å². The molecule has 0 unspecified atom stereocenters. The average molecular weight is 417 g/mol. The highest BCUT2D eigenvalue weighted by Gasteiger charge is 2.16. The van der Waals surface area contributed by atoms with Gasteiger partial charge in [-0.25, -0.2) is 9.97 Å². The van der Waals surface area contributed by atoms with Crippen LogP contribution in [-0.2, 0) is 6.54 Å². The van der Waals surface area contributed by atoms with Crippen LogP contribution in [0, 0.1) is 6.92 Å². The Morgan fingerprint density at radius 3 is 2.83 bits per heavy atom. The first-order valence-corrected chi connectivity index (χ1v) is 10.0. The summed E-state index contributed by atoms with van der Waals surface area (Å²) in [4.78, 5) is 21.3. The van der Waals surface area contributed by atoms with E-state index in [0.717, 1.165) is 40.7 Å². The molecule has 0 saturated carbocycles. The van der Waals surface area contributed by atoms with Gasteiger partial charge in [0, 0.05) is 29.6 Å². The Morgan fingerprint density at radius 1 is 1.20 bits per heavy atom. The molecule has 30 heavy (non-hydrogen) atoms. The average Bonchev–Trinajstić information content (AvgIpc) is 3.13. The van der Waals surface area contributed by atoms with Gasteiger partial charge in [-0.2, -0.15) is 0 Å². The van der Waals surface area contributed by atoms with Crippen LogP contribution in [-0.4, -0.2) is 20.4 Å². The number of aromatic nitrogens is 3. The molecule has 4 rings (SSSR count). The zero-order valence-corrected chi connectivity index (χ0v) is 17.4. The molecule has 5 nitrogen and oxygen atoms in total. The van der Waals surface area contributed by atoms with Crippen LogP contribution < -0.4 is 5.32 Å². The van der Waals surface area contributed by atoms with E-state index in [2.05, 4.69) is 26.4 Å². The monoisotopic (exact) mass is 416 g/mol. The van der Waals surface area contributed by atoms with Crippen molar-refractivity contribution in [3.63, 3.8) is 0 Å². The molecule has 0 bridgehead atoms. The number of carbonyl (C=O) groups is 1. The molecule has 0 aliphatic carbocycles.